The van der Waals surface area contributed by atoms with Gasteiger partial charge in [-0.15, -0.1) is 0 Å². The summed E-state index contributed by atoms with van der Waals surface area (Å²) in [6, 6.07) is 5.82. The third-order valence-electron chi connectivity index (χ3n) is 2.94. The lowest BCUT2D eigenvalue weighted by Gasteiger charge is -2.27. The number of esters is 1. The number of carbonyl (C=O) groups excluding carboxylic acids is 1. The Labute approximate surface area is 96.0 Å². The summed E-state index contributed by atoms with van der Waals surface area (Å²) in [5, 5.41) is 0. The van der Waals surface area contributed by atoms with Gasteiger partial charge in [-0.25, -0.2) is 4.79 Å². The van der Waals surface area contributed by atoms with Gasteiger partial charge in [-0.1, -0.05) is 0 Å². The van der Waals surface area contributed by atoms with Crippen molar-refractivity contribution in [2.24, 2.45) is 0 Å². The van der Waals surface area contributed by atoms with Gasteiger partial charge in [0.2, 0.25) is 0 Å². The van der Waals surface area contributed by atoms with Crippen LogP contribution in [-0.4, -0.2) is 26.2 Å². The first kappa shape index (κ1) is 11.0. The van der Waals surface area contributed by atoms with Crippen molar-refractivity contribution in [2.75, 3.05) is 25.1 Å². The fourth-order valence-corrected chi connectivity index (χ4v) is 2.13. The molecule has 0 radical (unpaired) electrons. The van der Waals surface area contributed by atoms with E-state index >= 15 is 0 Å². The molecule has 0 bridgehead atoms. The smallest absolute Gasteiger partial charge is 0.338 e. The average Bonchev–Trinajstić information content (AvgIpc) is 2.29. The fourth-order valence-electron chi connectivity index (χ4n) is 2.13. The maximum absolute atomic E-state index is 11.6. The fraction of sp³-hybridized carbons (Fsp3) is 0.462. The molecule has 3 heteroatoms. The monoisotopic (exact) mass is 219 g/mol. The van der Waals surface area contributed by atoms with Crippen LogP contribution in [0.15, 0.2) is 18.2 Å². The lowest BCUT2D eigenvalue weighted by molar-refractivity contribution is 0.0526. The largest absolute Gasteiger partial charge is 0.462 e. The van der Waals surface area contributed by atoms with Crippen molar-refractivity contribution in [3.8, 4) is 0 Å². The quantitative estimate of drug-likeness (QED) is 0.714. The van der Waals surface area contributed by atoms with Crippen molar-refractivity contribution < 1.29 is 9.53 Å². The van der Waals surface area contributed by atoms with E-state index < -0.39 is 0 Å². The number of benzene rings is 1. The van der Waals surface area contributed by atoms with Crippen molar-refractivity contribution in [2.45, 2.75) is 19.8 Å². The summed E-state index contributed by atoms with van der Waals surface area (Å²) in [7, 11) is 2.09. The number of anilines is 1. The summed E-state index contributed by atoms with van der Waals surface area (Å²) in [6.07, 6.45) is 2.20. The number of fused-ring (bicyclic) bond motifs is 1. The van der Waals surface area contributed by atoms with Crippen LogP contribution in [0.25, 0.3) is 0 Å². The first-order valence-electron chi connectivity index (χ1n) is 5.73. The molecule has 86 valence electrons. The van der Waals surface area contributed by atoms with E-state index in [1.807, 2.05) is 25.1 Å². The van der Waals surface area contributed by atoms with Gasteiger partial charge in [0.1, 0.15) is 0 Å². The zero-order valence-electron chi connectivity index (χ0n) is 9.82. The predicted molar refractivity (Wildman–Crippen MR) is 64.0 cm³/mol. The van der Waals surface area contributed by atoms with E-state index in [4.69, 9.17) is 4.74 Å². The summed E-state index contributed by atoms with van der Waals surface area (Å²) in [4.78, 5) is 13.8. The van der Waals surface area contributed by atoms with Crippen LogP contribution in [0.2, 0.25) is 0 Å². The minimum absolute atomic E-state index is 0.224. The van der Waals surface area contributed by atoms with Crippen molar-refractivity contribution >= 4 is 11.7 Å². The number of nitrogens with zero attached hydrogens (tertiary/aromatic N) is 1. The molecular weight excluding hydrogens is 202 g/mol. The average molecular weight is 219 g/mol. The molecule has 0 unspecified atom stereocenters. The van der Waals surface area contributed by atoms with E-state index in [0.29, 0.717) is 12.2 Å². The first-order chi connectivity index (χ1) is 7.72. The zero-order valence-corrected chi connectivity index (χ0v) is 9.82. The van der Waals surface area contributed by atoms with Gasteiger partial charge >= 0.3 is 5.97 Å². The summed E-state index contributed by atoms with van der Waals surface area (Å²) >= 11 is 0. The van der Waals surface area contributed by atoms with E-state index in [1.165, 1.54) is 11.3 Å². The first-order valence-corrected chi connectivity index (χ1v) is 5.73. The highest BCUT2D eigenvalue weighted by Gasteiger charge is 2.16. The molecule has 0 saturated heterocycles. The van der Waals surface area contributed by atoms with Crippen LogP contribution in [0.3, 0.4) is 0 Å². The normalized spacial score (nSPS) is 14.5. The van der Waals surface area contributed by atoms with Crippen LogP contribution >= 0.6 is 0 Å². The third kappa shape index (κ3) is 2.03. The second-order valence-corrected chi connectivity index (χ2v) is 4.09. The summed E-state index contributed by atoms with van der Waals surface area (Å²) < 4.78 is 4.99. The molecule has 0 aromatic heterocycles. The summed E-state index contributed by atoms with van der Waals surface area (Å²) in [6.45, 7) is 3.34. The minimum Gasteiger partial charge on any atom is -0.462 e. The second-order valence-electron chi connectivity index (χ2n) is 4.09. The van der Waals surface area contributed by atoms with Crippen LogP contribution in [0, 0.1) is 0 Å². The molecule has 0 saturated carbocycles. The zero-order chi connectivity index (χ0) is 11.5. The molecule has 0 spiro atoms. The highest BCUT2D eigenvalue weighted by Crippen LogP contribution is 2.26. The lowest BCUT2D eigenvalue weighted by Crippen LogP contribution is -2.24. The van der Waals surface area contributed by atoms with Gasteiger partial charge in [-0.3, -0.25) is 0 Å². The van der Waals surface area contributed by atoms with E-state index in [2.05, 4.69) is 11.9 Å². The molecule has 3 nitrogen and oxygen atoms in total. The van der Waals surface area contributed by atoms with Gasteiger partial charge < -0.3 is 9.64 Å². The molecule has 0 N–H and O–H groups in total. The van der Waals surface area contributed by atoms with Gasteiger partial charge in [0, 0.05) is 19.3 Å². The van der Waals surface area contributed by atoms with Crippen LogP contribution in [0.4, 0.5) is 5.69 Å². The Balaban J connectivity index is 2.28. The number of rotatable bonds is 2. The molecule has 1 aliphatic rings. The van der Waals surface area contributed by atoms with E-state index in [1.54, 1.807) is 0 Å². The summed E-state index contributed by atoms with van der Waals surface area (Å²) in [5.74, 6) is -0.224. The Morgan fingerprint density at radius 3 is 3.06 bits per heavy atom. The number of hydrogen-bond donors (Lipinski definition) is 0. The molecule has 0 fully saturated rings. The molecule has 1 aromatic carbocycles. The van der Waals surface area contributed by atoms with Crippen LogP contribution in [-0.2, 0) is 11.2 Å². The Hall–Kier alpha value is -1.51. The van der Waals surface area contributed by atoms with Crippen LogP contribution in [0.5, 0.6) is 0 Å². The summed E-state index contributed by atoms with van der Waals surface area (Å²) in [5.41, 5.74) is 3.15. The van der Waals surface area contributed by atoms with Crippen molar-refractivity contribution in [1.82, 2.24) is 0 Å². The molecule has 0 amide bonds. The molecular formula is C13H17NO2. The molecule has 1 aliphatic heterocycles. The van der Waals surface area contributed by atoms with E-state index in [-0.39, 0.29) is 5.97 Å². The highest BCUT2D eigenvalue weighted by atomic mass is 16.5. The molecule has 0 aliphatic carbocycles. The van der Waals surface area contributed by atoms with Gasteiger partial charge in [0.15, 0.2) is 0 Å². The molecule has 2 rings (SSSR count). The SMILES string of the molecule is CCOC(=O)c1ccc2c(c1)CCCN2C. The predicted octanol–water partition coefficient (Wildman–Crippen LogP) is 2.25. The Morgan fingerprint density at radius 2 is 2.31 bits per heavy atom. The van der Waals surface area contributed by atoms with Crippen molar-refractivity contribution in [3.63, 3.8) is 0 Å². The van der Waals surface area contributed by atoms with Crippen LogP contribution < -0.4 is 4.90 Å². The Kier molecular flexibility index (Phi) is 3.13. The van der Waals surface area contributed by atoms with Crippen molar-refractivity contribution in [3.05, 3.63) is 29.3 Å². The van der Waals surface area contributed by atoms with Crippen LogP contribution in [0.1, 0.15) is 29.3 Å². The topological polar surface area (TPSA) is 29.5 Å². The van der Waals surface area contributed by atoms with Crippen molar-refractivity contribution in [1.29, 1.82) is 0 Å². The maximum Gasteiger partial charge on any atom is 0.338 e. The molecule has 16 heavy (non-hydrogen) atoms. The highest BCUT2D eigenvalue weighted by molar-refractivity contribution is 5.90. The van der Waals surface area contributed by atoms with Gasteiger partial charge in [-0.05, 0) is 43.5 Å². The lowest BCUT2D eigenvalue weighted by atomic mass is 10.00. The minimum atomic E-state index is -0.224. The standard InChI is InChI=1S/C13H17NO2/c1-3-16-13(15)11-6-7-12-10(9-11)5-4-8-14(12)2/h6-7,9H,3-5,8H2,1-2H3. The molecule has 0 atom stereocenters. The van der Waals surface area contributed by atoms with Gasteiger partial charge in [-0.2, -0.15) is 0 Å². The number of hydrogen-bond acceptors (Lipinski definition) is 3. The maximum atomic E-state index is 11.6. The second kappa shape index (κ2) is 4.56. The molecule has 1 aromatic rings. The van der Waals surface area contributed by atoms with E-state index in [9.17, 15) is 4.79 Å². The molecule has 1 heterocycles. The van der Waals surface area contributed by atoms with Gasteiger partial charge in [0.05, 0.1) is 12.2 Å². The van der Waals surface area contributed by atoms with E-state index in [0.717, 1.165) is 19.4 Å². The third-order valence-corrected chi connectivity index (χ3v) is 2.94. The number of carbonyl (C=O) groups is 1. The number of ether oxygens (including phenoxy) is 1. The Morgan fingerprint density at radius 1 is 1.50 bits per heavy atom. The number of aryl methyl sites for hydroxylation is 1. The Bertz CT molecular complexity index is 401. The van der Waals surface area contributed by atoms with Gasteiger partial charge in [0.25, 0.3) is 0 Å².